The van der Waals surface area contributed by atoms with Crippen molar-refractivity contribution in [3.05, 3.63) is 0 Å². The van der Waals surface area contributed by atoms with Crippen LogP contribution in [0.1, 0.15) is 12.8 Å². The standard InChI is InChI=1S/C15H28N4O2.2ClH/c1-16-9-12-4-5-19(10-12)15(21)13-8-14(20)18(11-13)7-6-17(2)3;;/h12-13,16H,4-11H2,1-3H3;2*1H. The Bertz CT molecular complexity index is 396. The highest BCUT2D eigenvalue weighted by atomic mass is 35.5. The van der Waals surface area contributed by atoms with Crippen LogP contribution in [0.4, 0.5) is 0 Å². The Kier molecular flexibility index (Phi) is 10.1. The van der Waals surface area contributed by atoms with Crippen LogP contribution in [0.5, 0.6) is 0 Å². The Morgan fingerprint density at radius 2 is 2.00 bits per heavy atom. The van der Waals surface area contributed by atoms with E-state index in [9.17, 15) is 9.59 Å². The molecule has 0 aromatic carbocycles. The summed E-state index contributed by atoms with van der Waals surface area (Å²) in [6, 6.07) is 0. The first-order valence-electron chi connectivity index (χ1n) is 7.87. The Hall–Kier alpha value is -0.560. The lowest BCUT2D eigenvalue weighted by atomic mass is 10.1. The fraction of sp³-hybridized carbons (Fsp3) is 0.867. The number of nitrogens with one attached hydrogen (secondary N) is 1. The molecule has 2 rings (SSSR count). The summed E-state index contributed by atoms with van der Waals surface area (Å²) in [7, 11) is 5.94. The van der Waals surface area contributed by atoms with Gasteiger partial charge >= 0.3 is 0 Å². The van der Waals surface area contributed by atoms with E-state index in [-0.39, 0.29) is 42.5 Å². The van der Waals surface area contributed by atoms with Gasteiger partial charge in [0.25, 0.3) is 0 Å². The first-order valence-corrected chi connectivity index (χ1v) is 7.87. The van der Waals surface area contributed by atoms with Crippen molar-refractivity contribution in [3.8, 4) is 0 Å². The molecule has 8 heteroatoms. The van der Waals surface area contributed by atoms with Gasteiger partial charge in [0.1, 0.15) is 0 Å². The van der Waals surface area contributed by atoms with E-state index in [1.54, 1.807) is 0 Å². The highest BCUT2D eigenvalue weighted by Gasteiger charge is 2.38. The molecular weight excluding hydrogens is 339 g/mol. The largest absolute Gasteiger partial charge is 0.342 e. The number of halogens is 2. The normalized spacial score (nSPS) is 23.9. The van der Waals surface area contributed by atoms with Crippen molar-refractivity contribution in [2.24, 2.45) is 11.8 Å². The van der Waals surface area contributed by atoms with Gasteiger partial charge in [0.15, 0.2) is 0 Å². The van der Waals surface area contributed by atoms with Gasteiger partial charge in [-0.1, -0.05) is 0 Å². The average molecular weight is 369 g/mol. The third kappa shape index (κ3) is 6.10. The lowest BCUT2D eigenvalue weighted by Crippen LogP contribution is -2.37. The van der Waals surface area contributed by atoms with Gasteiger partial charge in [-0.3, -0.25) is 9.59 Å². The molecular formula is C15H30Cl2N4O2. The van der Waals surface area contributed by atoms with Gasteiger partial charge < -0.3 is 20.0 Å². The Balaban J connectivity index is 0.00000242. The number of hydrogen-bond donors (Lipinski definition) is 1. The third-order valence-electron chi connectivity index (χ3n) is 4.47. The van der Waals surface area contributed by atoms with Crippen LogP contribution in [-0.4, -0.2) is 86.9 Å². The molecule has 0 aromatic rings. The smallest absolute Gasteiger partial charge is 0.228 e. The minimum Gasteiger partial charge on any atom is -0.342 e. The van der Waals surface area contributed by atoms with Crippen molar-refractivity contribution in [2.75, 3.05) is 60.4 Å². The Labute approximate surface area is 151 Å². The molecule has 136 valence electrons. The number of nitrogens with zero attached hydrogens (tertiary/aromatic N) is 3. The SMILES string of the molecule is CNCC1CCN(C(=O)C2CC(=O)N(CCN(C)C)C2)C1.Cl.Cl. The molecule has 0 spiro atoms. The van der Waals surface area contributed by atoms with Crippen molar-refractivity contribution in [2.45, 2.75) is 12.8 Å². The van der Waals surface area contributed by atoms with E-state index in [0.29, 0.717) is 18.9 Å². The van der Waals surface area contributed by atoms with Gasteiger partial charge in [0, 0.05) is 39.1 Å². The molecule has 0 aliphatic carbocycles. The van der Waals surface area contributed by atoms with E-state index in [1.807, 2.05) is 30.9 Å². The molecule has 0 aromatic heterocycles. The summed E-state index contributed by atoms with van der Waals surface area (Å²) in [5.74, 6) is 0.726. The molecule has 1 N–H and O–H groups in total. The number of carbonyl (C=O) groups excluding carboxylic acids is 2. The van der Waals surface area contributed by atoms with Crippen LogP contribution in [0.3, 0.4) is 0 Å². The maximum atomic E-state index is 12.5. The molecule has 2 aliphatic heterocycles. The summed E-state index contributed by atoms with van der Waals surface area (Å²) in [6.45, 7) is 4.80. The molecule has 2 saturated heterocycles. The van der Waals surface area contributed by atoms with Gasteiger partial charge in [-0.05, 0) is 40.0 Å². The van der Waals surface area contributed by atoms with E-state index in [1.165, 1.54) is 0 Å². The minimum atomic E-state index is -0.131. The van der Waals surface area contributed by atoms with Gasteiger partial charge in [0.2, 0.25) is 11.8 Å². The van der Waals surface area contributed by atoms with Gasteiger partial charge in [-0.25, -0.2) is 0 Å². The fourth-order valence-corrected chi connectivity index (χ4v) is 3.22. The van der Waals surface area contributed by atoms with Gasteiger partial charge in [-0.2, -0.15) is 0 Å². The second kappa shape index (κ2) is 10.3. The van der Waals surface area contributed by atoms with Crippen molar-refractivity contribution in [1.82, 2.24) is 20.0 Å². The summed E-state index contributed by atoms with van der Waals surface area (Å²) in [5.41, 5.74) is 0. The lowest BCUT2D eigenvalue weighted by Gasteiger charge is -2.22. The highest BCUT2D eigenvalue weighted by molar-refractivity contribution is 5.89. The first kappa shape index (κ1) is 22.4. The number of likely N-dealkylation sites (tertiary alicyclic amines) is 2. The van der Waals surface area contributed by atoms with Crippen molar-refractivity contribution >= 4 is 36.6 Å². The summed E-state index contributed by atoms with van der Waals surface area (Å²) < 4.78 is 0. The van der Waals surface area contributed by atoms with Crippen LogP contribution in [0, 0.1) is 11.8 Å². The molecule has 2 heterocycles. The molecule has 0 radical (unpaired) electrons. The number of likely N-dealkylation sites (N-methyl/N-ethyl adjacent to an activating group) is 1. The van der Waals surface area contributed by atoms with Gasteiger partial charge in [0.05, 0.1) is 5.92 Å². The molecule has 6 nitrogen and oxygen atoms in total. The van der Waals surface area contributed by atoms with E-state index >= 15 is 0 Å². The second-order valence-corrected chi connectivity index (χ2v) is 6.54. The summed E-state index contributed by atoms with van der Waals surface area (Å²) in [6.07, 6.45) is 1.46. The molecule has 2 unspecified atom stereocenters. The number of amides is 2. The molecule has 2 amide bonds. The Morgan fingerprint density at radius 1 is 1.30 bits per heavy atom. The quantitative estimate of drug-likeness (QED) is 0.732. The molecule has 2 atom stereocenters. The topological polar surface area (TPSA) is 55.9 Å². The van der Waals surface area contributed by atoms with Crippen molar-refractivity contribution in [3.63, 3.8) is 0 Å². The summed E-state index contributed by atoms with van der Waals surface area (Å²) in [5, 5.41) is 3.18. The Morgan fingerprint density at radius 3 is 2.61 bits per heavy atom. The van der Waals surface area contributed by atoms with E-state index < -0.39 is 0 Å². The minimum absolute atomic E-state index is 0. The predicted molar refractivity (Wildman–Crippen MR) is 96.4 cm³/mol. The summed E-state index contributed by atoms with van der Waals surface area (Å²) >= 11 is 0. The lowest BCUT2D eigenvalue weighted by molar-refractivity contribution is -0.135. The van der Waals surface area contributed by atoms with Crippen molar-refractivity contribution < 1.29 is 9.59 Å². The van der Waals surface area contributed by atoms with Crippen LogP contribution in [0.2, 0.25) is 0 Å². The van der Waals surface area contributed by atoms with Crippen LogP contribution in [0.25, 0.3) is 0 Å². The molecule has 2 fully saturated rings. The predicted octanol–water partition coefficient (Wildman–Crippen LogP) is 0.308. The van der Waals surface area contributed by atoms with Crippen LogP contribution in [-0.2, 0) is 9.59 Å². The van der Waals surface area contributed by atoms with E-state index in [2.05, 4.69) is 10.2 Å². The number of rotatable bonds is 6. The van der Waals surface area contributed by atoms with Crippen molar-refractivity contribution in [1.29, 1.82) is 0 Å². The van der Waals surface area contributed by atoms with Crippen LogP contribution >= 0.6 is 24.8 Å². The second-order valence-electron chi connectivity index (χ2n) is 6.54. The number of carbonyl (C=O) groups is 2. The monoisotopic (exact) mass is 368 g/mol. The molecule has 0 saturated carbocycles. The average Bonchev–Trinajstić information content (AvgIpc) is 3.03. The maximum absolute atomic E-state index is 12.5. The van der Waals surface area contributed by atoms with Gasteiger partial charge in [-0.15, -0.1) is 24.8 Å². The fourth-order valence-electron chi connectivity index (χ4n) is 3.22. The molecule has 23 heavy (non-hydrogen) atoms. The molecule has 0 bridgehead atoms. The number of hydrogen-bond acceptors (Lipinski definition) is 4. The zero-order valence-corrected chi connectivity index (χ0v) is 15.9. The van der Waals surface area contributed by atoms with Crippen LogP contribution in [0.15, 0.2) is 0 Å². The first-order chi connectivity index (χ1) is 10.0. The third-order valence-corrected chi connectivity index (χ3v) is 4.47. The highest BCUT2D eigenvalue weighted by Crippen LogP contribution is 2.24. The van der Waals surface area contributed by atoms with Crippen LogP contribution < -0.4 is 5.32 Å². The zero-order valence-electron chi connectivity index (χ0n) is 14.3. The maximum Gasteiger partial charge on any atom is 0.228 e. The zero-order chi connectivity index (χ0) is 15.4. The van der Waals surface area contributed by atoms with E-state index in [0.717, 1.165) is 39.1 Å². The summed E-state index contributed by atoms with van der Waals surface area (Å²) in [4.78, 5) is 30.4. The molecule has 2 aliphatic rings. The van der Waals surface area contributed by atoms with E-state index in [4.69, 9.17) is 0 Å².